The van der Waals surface area contributed by atoms with Gasteiger partial charge in [-0.15, -0.1) is 24.0 Å². The molecule has 8 heteroatoms. The topological polar surface area (TPSA) is 64.1 Å². The number of hydrogen-bond acceptors (Lipinski definition) is 4. The largest absolute Gasteiger partial charge is 0.493 e. The van der Waals surface area contributed by atoms with E-state index in [0.717, 1.165) is 18.4 Å². The third kappa shape index (κ3) is 6.96. The van der Waals surface area contributed by atoms with E-state index in [1.165, 1.54) is 12.1 Å². The van der Waals surface area contributed by atoms with Crippen LogP contribution in [0.5, 0.6) is 11.5 Å². The van der Waals surface area contributed by atoms with Gasteiger partial charge < -0.3 is 24.8 Å². The number of aliphatic imine (C=N–C) groups is 1. The van der Waals surface area contributed by atoms with Crippen LogP contribution in [0, 0.1) is 5.82 Å². The highest BCUT2D eigenvalue weighted by Crippen LogP contribution is 2.34. The molecule has 0 bridgehead atoms. The van der Waals surface area contributed by atoms with Crippen molar-refractivity contribution in [1.29, 1.82) is 0 Å². The van der Waals surface area contributed by atoms with Crippen LogP contribution in [0.15, 0.2) is 53.5 Å². The summed E-state index contributed by atoms with van der Waals surface area (Å²) in [6, 6.07) is 14.4. The molecule has 1 aliphatic rings. The number of benzene rings is 2. The Labute approximate surface area is 207 Å². The van der Waals surface area contributed by atoms with Gasteiger partial charge in [0.05, 0.1) is 13.7 Å². The molecule has 1 aliphatic heterocycles. The summed E-state index contributed by atoms with van der Waals surface area (Å²) < 4.78 is 30.4. The smallest absolute Gasteiger partial charge is 0.191 e. The Kier molecular flexibility index (Phi) is 10.5. The van der Waals surface area contributed by atoms with Crippen LogP contribution in [0.4, 0.5) is 4.39 Å². The third-order valence-electron chi connectivity index (χ3n) is 5.68. The van der Waals surface area contributed by atoms with E-state index in [1.807, 2.05) is 43.3 Å². The zero-order chi connectivity index (χ0) is 22.1. The van der Waals surface area contributed by atoms with Gasteiger partial charge in [-0.2, -0.15) is 0 Å². The van der Waals surface area contributed by atoms with Crippen molar-refractivity contribution in [2.75, 3.05) is 40.5 Å². The molecule has 3 rings (SSSR count). The van der Waals surface area contributed by atoms with Gasteiger partial charge >= 0.3 is 0 Å². The summed E-state index contributed by atoms with van der Waals surface area (Å²) in [5, 5.41) is 6.77. The number of halogens is 2. The Morgan fingerprint density at radius 1 is 1.09 bits per heavy atom. The predicted molar refractivity (Wildman–Crippen MR) is 136 cm³/mol. The highest BCUT2D eigenvalue weighted by molar-refractivity contribution is 14.0. The van der Waals surface area contributed by atoms with E-state index < -0.39 is 0 Å². The van der Waals surface area contributed by atoms with Gasteiger partial charge in [0.2, 0.25) is 0 Å². The van der Waals surface area contributed by atoms with Crippen LogP contribution < -0.4 is 20.1 Å². The molecule has 1 fully saturated rings. The first kappa shape index (κ1) is 26.2. The average Bonchev–Trinajstić information content (AvgIpc) is 2.80. The van der Waals surface area contributed by atoms with Gasteiger partial charge in [-0.05, 0) is 49.6 Å². The van der Waals surface area contributed by atoms with Crippen molar-refractivity contribution in [2.45, 2.75) is 31.3 Å². The molecule has 2 aromatic carbocycles. The fourth-order valence-corrected chi connectivity index (χ4v) is 3.82. The summed E-state index contributed by atoms with van der Waals surface area (Å²) in [6.07, 6.45) is 1.65. The van der Waals surface area contributed by atoms with Gasteiger partial charge in [0.1, 0.15) is 11.9 Å². The molecule has 6 nitrogen and oxygen atoms in total. The molecule has 0 saturated carbocycles. The van der Waals surface area contributed by atoms with E-state index in [4.69, 9.17) is 14.2 Å². The van der Waals surface area contributed by atoms with Crippen molar-refractivity contribution in [3.8, 4) is 11.5 Å². The number of para-hydroxylation sites is 2. The third-order valence-corrected chi connectivity index (χ3v) is 5.68. The molecule has 176 valence electrons. The zero-order valence-electron chi connectivity index (χ0n) is 18.9. The first-order valence-electron chi connectivity index (χ1n) is 10.6. The second-order valence-corrected chi connectivity index (χ2v) is 7.79. The van der Waals surface area contributed by atoms with E-state index in [9.17, 15) is 4.39 Å². The minimum absolute atomic E-state index is 0. The molecule has 1 atom stereocenters. The summed E-state index contributed by atoms with van der Waals surface area (Å²) in [6.45, 7) is 4.63. The normalized spacial score (nSPS) is 16.4. The van der Waals surface area contributed by atoms with Crippen molar-refractivity contribution in [2.24, 2.45) is 4.99 Å². The Hall–Kier alpha value is -2.07. The number of rotatable bonds is 8. The molecule has 2 aromatic rings. The second-order valence-electron chi connectivity index (χ2n) is 7.79. The summed E-state index contributed by atoms with van der Waals surface area (Å²) in [5.41, 5.74) is 0.997. The number of nitrogens with zero attached hydrogens (tertiary/aromatic N) is 1. The average molecular weight is 557 g/mol. The van der Waals surface area contributed by atoms with Crippen LogP contribution in [0.3, 0.4) is 0 Å². The molecule has 1 unspecified atom stereocenters. The molecule has 0 spiro atoms. The lowest BCUT2D eigenvalue weighted by atomic mass is 9.74. The lowest BCUT2D eigenvalue weighted by Gasteiger charge is -2.38. The Morgan fingerprint density at radius 3 is 2.38 bits per heavy atom. The molecule has 32 heavy (non-hydrogen) atoms. The summed E-state index contributed by atoms with van der Waals surface area (Å²) >= 11 is 0. The van der Waals surface area contributed by atoms with Crippen molar-refractivity contribution in [1.82, 2.24) is 10.6 Å². The SMILES string of the molecule is CN=C(NCC(C)Oc1ccccc1OC)NCC1(c2ccc(F)cc2)CCOCC1.I. The van der Waals surface area contributed by atoms with Gasteiger partial charge in [0.25, 0.3) is 0 Å². The molecule has 1 saturated heterocycles. The van der Waals surface area contributed by atoms with E-state index in [0.29, 0.717) is 43.8 Å². The number of nitrogens with one attached hydrogen (secondary N) is 2. The second kappa shape index (κ2) is 12.8. The van der Waals surface area contributed by atoms with Gasteiger partial charge in [-0.3, -0.25) is 4.99 Å². The van der Waals surface area contributed by atoms with Crippen molar-refractivity contribution in [3.05, 3.63) is 59.9 Å². The minimum atomic E-state index is -0.222. The molecule has 1 heterocycles. The molecule has 0 aliphatic carbocycles. The quantitative estimate of drug-likeness (QED) is 0.291. The summed E-state index contributed by atoms with van der Waals surface area (Å²) in [7, 11) is 3.37. The predicted octanol–water partition coefficient (Wildman–Crippen LogP) is 4.13. The monoisotopic (exact) mass is 557 g/mol. The standard InChI is InChI=1S/C24H32FN3O3.HI/c1-18(31-22-7-5-4-6-21(22)29-3)16-27-23(26-2)28-17-24(12-14-30-15-13-24)19-8-10-20(25)11-9-19;/h4-11,18H,12-17H2,1-3H3,(H2,26,27,28);1H. The van der Waals surface area contributed by atoms with Crippen LogP contribution >= 0.6 is 24.0 Å². The van der Waals surface area contributed by atoms with E-state index in [2.05, 4.69) is 15.6 Å². The van der Waals surface area contributed by atoms with Gasteiger partial charge in [-0.25, -0.2) is 4.39 Å². The summed E-state index contributed by atoms with van der Waals surface area (Å²) in [5.74, 6) is 1.89. The number of methoxy groups -OCH3 is 1. The first-order chi connectivity index (χ1) is 15.1. The Balaban J connectivity index is 0.00000363. The van der Waals surface area contributed by atoms with E-state index in [1.54, 1.807) is 14.2 Å². The molecule has 0 amide bonds. The van der Waals surface area contributed by atoms with Crippen molar-refractivity contribution in [3.63, 3.8) is 0 Å². The molecule has 0 radical (unpaired) electrons. The molecular weight excluding hydrogens is 524 g/mol. The first-order valence-corrected chi connectivity index (χ1v) is 10.6. The number of guanidine groups is 1. The van der Waals surface area contributed by atoms with Crippen molar-refractivity contribution >= 4 is 29.9 Å². The summed E-state index contributed by atoms with van der Waals surface area (Å²) in [4.78, 5) is 4.35. The van der Waals surface area contributed by atoms with Crippen LogP contribution in [-0.2, 0) is 10.2 Å². The molecule has 0 aromatic heterocycles. The molecular formula is C24H33FIN3O3. The zero-order valence-corrected chi connectivity index (χ0v) is 21.2. The maximum absolute atomic E-state index is 13.4. The highest BCUT2D eigenvalue weighted by Gasteiger charge is 2.34. The lowest BCUT2D eigenvalue weighted by Crippen LogP contribution is -2.49. The fraction of sp³-hybridized carbons (Fsp3) is 0.458. The van der Waals surface area contributed by atoms with Gasteiger partial charge in [0.15, 0.2) is 17.5 Å². The highest BCUT2D eigenvalue weighted by atomic mass is 127. The molecule has 2 N–H and O–H groups in total. The lowest BCUT2D eigenvalue weighted by molar-refractivity contribution is 0.0513. The number of ether oxygens (including phenoxy) is 3. The number of hydrogen-bond donors (Lipinski definition) is 2. The van der Waals surface area contributed by atoms with E-state index in [-0.39, 0.29) is 41.3 Å². The van der Waals surface area contributed by atoms with Crippen LogP contribution in [0.25, 0.3) is 0 Å². The Bertz CT molecular complexity index is 858. The van der Waals surface area contributed by atoms with Gasteiger partial charge in [0, 0.05) is 32.2 Å². The minimum Gasteiger partial charge on any atom is -0.493 e. The van der Waals surface area contributed by atoms with Gasteiger partial charge in [-0.1, -0.05) is 24.3 Å². The van der Waals surface area contributed by atoms with Crippen LogP contribution in [-0.4, -0.2) is 52.5 Å². The van der Waals surface area contributed by atoms with Crippen LogP contribution in [0.1, 0.15) is 25.3 Å². The van der Waals surface area contributed by atoms with Crippen LogP contribution in [0.2, 0.25) is 0 Å². The van der Waals surface area contributed by atoms with Crippen molar-refractivity contribution < 1.29 is 18.6 Å². The fourth-order valence-electron chi connectivity index (χ4n) is 3.82. The maximum Gasteiger partial charge on any atom is 0.191 e. The Morgan fingerprint density at radius 2 is 1.75 bits per heavy atom. The van der Waals surface area contributed by atoms with E-state index >= 15 is 0 Å². The maximum atomic E-state index is 13.4.